The standard InChI is InChI=1S/C20H23N3O5S/c1-28-16-4-2-14(3-5-16)22-11-13(10-17(22)24)19(26)21-8-6-15(7-9-21)23-18(25)12-29-20(23)27/h2-5,13,15H,6-12H2,1H3/t13-/m1/s1. The Kier molecular flexibility index (Phi) is 5.49. The van der Waals surface area contributed by atoms with E-state index in [1.54, 1.807) is 29.0 Å². The van der Waals surface area contributed by atoms with Gasteiger partial charge in [0.1, 0.15) is 5.75 Å². The summed E-state index contributed by atoms with van der Waals surface area (Å²) in [4.78, 5) is 54.0. The van der Waals surface area contributed by atoms with Crippen LogP contribution < -0.4 is 9.64 Å². The number of likely N-dealkylation sites (tertiary alicyclic amines) is 1. The van der Waals surface area contributed by atoms with Crippen molar-refractivity contribution in [1.82, 2.24) is 9.80 Å². The van der Waals surface area contributed by atoms with E-state index in [1.165, 1.54) is 4.90 Å². The number of hydrogen-bond acceptors (Lipinski definition) is 6. The fourth-order valence-corrected chi connectivity index (χ4v) is 4.98. The molecular weight excluding hydrogens is 394 g/mol. The normalized spacial score (nSPS) is 23.3. The molecule has 4 amide bonds. The number of carbonyl (C=O) groups is 4. The molecule has 0 spiro atoms. The Morgan fingerprint density at radius 1 is 1.07 bits per heavy atom. The van der Waals surface area contributed by atoms with E-state index in [4.69, 9.17) is 4.74 Å². The second kappa shape index (κ2) is 8.06. The van der Waals surface area contributed by atoms with E-state index in [1.807, 2.05) is 12.1 Å². The summed E-state index contributed by atoms with van der Waals surface area (Å²) >= 11 is 1.04. The minimum Gasteiger partial charge on any atom is -0.497 e. The molecule has 0 aliphatic carbocycles. The molecule has 3 heterocycles. The van der Waals surface area contributed by atoms with Gasteiger partial charge >= 0.3 is 0 Å². The van der Waals surface area contributed by atoms with Gasteiger partial charge in [-0.1, -0.05) is 11.8 Å². The van der Waals surface area contributed by atoms with Crippen LogP contribution in [0.25, 0.3) is 0 Å². The van der Waals surface area contributed by atoms with Crippen molar-refractivity contribution in [2.45, 2.75) is 25.3 Å². The van der Waals surface area contributed by atoms with Gasteiger partial charge < -0.3 is 14.5 Å². The molecule has 0 unspecified atom stereocenters. The van der Waals surface area contributed by atoms with Gasteiger partial charge in [0.15, 0.2) is 0 Å². The Balaban J connectivity index is 1.35. The van der Waals surface area contributed by atoms with Crippen LogP contribution in [0, 0.1) is 5.92 Å². The summed E-state index contributed by atoms with van der Waals surface area (Å²) in [5, 5.41) is -0.184. The highest BCUT2D eigenvalue weighted by atomic mass is 32.2. The van der Waals surface area contributed by atoms with Crippen LogP contribution in [0.2, 0.25) is 0 Å². The summed E-state index contributed by atoms with van der Waals surface area (Å²) in [5.74, 6) is 0.330. The summed E-state index contributed by atoms with van der Waals surface area (Å²) in [6, 6.07) is 7.09. The fraction of sp³-hybridized carbons (Fsp3) is 0.500. The molecule has 4 rings (SSSR count). The predicted molar refractivity (Wildman–Crippen MR) is 108 cm³/mol. The monoisotopic (exact) mass is 417 g/mol. The molecule has 154 valence electrons. The highest BCUT2D eigenvalue weighted by Gasteiger charge is 2.41. The molecule has 9 heteroatoms. The maximum atomic E-state index is 13.0. The van der Waals surface area contributed by atoms with Crippen molar-refractivity contribution in [3.8, 4) is 5.75 Å². The number of thioether (sulfide) groups is 1. The number of ether oxygens (including phenoxy) is 1. The minimum absolute atomic E-state index is 0.0266. The lowest BCUT2D eigenvalue weighted by atomic mass is 10.0. The molecule has 0 aromatic heterocycles. The molecule has 1 aromatic carbocycles. The number of rotatable bonds is 4. The number of amides is 4. The zero-order valence-electron chi connectivity index (χ0n) is 16.2. The summed E-state index contributed by atoms with van der Waals surface area (Å²) in [6.07, 6.45) is 1.38. The summed E-state index contributed by atoms with van der Waals surface area (Å²) < 4.78 is 5.15. The number of carbonyl (C=O) groups excluding carboxylic acids is 4. The fourth-order valence-electron chi connectivity index (χ4n) is 4.20. The van der Waals surface area contributed by atoms with Gasteiger partial charge in [-0.25, -0.2) is 0 Å². The smallest absolute Gasteiger partial charge is 0.289 e. The van der Waals surface area contributed by atoms with Gasteiger partial charge in [0, 0.05) is 37.8 Å². The minimum atomic E-state index is -0.369. The van der Waals surface area contributed by atoms with Crippen LogP contribution in [0.4, 0.5) is 10.5 Å². The van der Waals surface area contributed by atoms with Gasteiger partial charge in [0.05, 0.1) is 18.8 Å². The average Bonchev–Trinajstić information content (AvgIpc) is 3.29. The van der Waals surface area contributed by atoms with E-state index in [2.05, 4.69) is 0 Å². The maximum absolute atomic E-state index is 13.0. The summed E-state index contributed by atoms with van der Waals surface area (Å²) in [7, 11) is 1.59. The van der Waals surface area contributed by atoms with Crippen LogP contribution in [0.1, 0.15) is 19.3 Å². The zero-order valence-corrected chi connectivity index (χ0v) is 17.0. The third-order valence-electron chi connectivity index (χ3n) is 5.78. The third kappa shape index (κ3) is 3.83. The Morgan fingerprint density at radius 2 is 1.76 bits per heavy atom. The lowest BCUT2D eigenvalue weighted by molar-refractivity contribution is -0.137. The van der Waals surface area contributed by atoms with Crippen LogP contribution in [0.5, 0.6) is 5.75 Å². The largest absolute Gasteiger partial charge is 0.497 e. The van der Waals surface area contributed by atoms with Crippen molar-refractivity contribution in [1.29, 1.82) is 0 Å². The Hall–Kier alpha value is -2.55. The van der Waals surface area contributed by atoms with Crippen LogP contribution >= 0.6 is 11.8 Å². The molecule has 3 fully saturated rings. The number of piperidine rings is 1. The Labute approximate surface area is 173 Å². The van der Waals surface area contributed by atoms with E-state index in [-0.39, 0.29) is 47.1 Å². The van der Waals surface area contributed by atoms with Crippen molar-refractivity contribution < 1.29 is 23.9 Å². The van der Waals surface area contributed by atoms with E-state index < -0.39 is 0 Å². The average molecular weight is 417 g/mol. The number of methoxy groups -OCH3 is 1. The van der Waals surface area contributed by atoms with Crippen LogP contribution in [-0.4, -0.2) is 71.3 Å². The first-order chi connectivity index (χ1) is 14.0. The van der Waals surface area contributed by atoms with E-state index in [0.717, 1.165) is 17.4 Å². The molecular formula is C20H23N3O5S. The van der Waals surface area contributed by atoms with Crippen LogP contribution in [-0.2, 0) is 14.4 Å². The van der Waals surface area contributed by atoms with Crippen LogP contribution in [0.15, 0.2) is 24.3 Å². The predicted octanol–water partition coefficient (Wildman–Crippen LogP) is 1.73. The van der Waals surface area contributed by atoms with E-state index >= 15 is 0 Å². The Morgan fingerprint density at radius 3 is 2.34 bits per heavy atom. The first-order valence-corrected chi connectivity index (χ1v) is 10.7. The number of imide groups is 1. The third-order valence-corrected chi connectivity index (χ3v) is 6.62. The van der Waals surface area contributed by atoms with Gasteiger partial charge in [0.25, 0.3) is 5.24 Å². The quantitative estimate of drug-likeness (QED) is 0.742. The van der Waals surface area contributed by atoms with Crippen molar-refractivity contribution in [2.75, 3.05) is 37.4 Å². The number of hydrogen-bond donors (Lipinski definition) is 0. The van der Waals surface area contributed by atoms with Crippen LogP contribution in [0.3, 0.4) is 0 Å². The van der Waals surface area contributed by atoms with E-state index in [9.17, 15) is 19.2 Å². The van der Waals surface area contributed by atoms with E-state index in [0.29, 0.717) is 38.2 Å². The molecule has 0 saturated carbocycles. The topological polar surface area (TPSA) is 87.2 Å². The Bertz CT molecular complexity index is 819. The lowest BCUT2D eigenvalue weighted by Gasteiger charge is -2.36. The number of benzene rings is 1. The molecule has 1 atom stereocenters. The van der Waals surface area contributed by atoms with Gasteiger partial charge in [-0.3, -0.25) is 24.1 Å². The SMILES string of the molecule is COc1ccc(N2C[C@H](C(=O)N3CCC(N4C(=O)CSC4=O)CC3)CC2=O)cc1. The molecule has 29 heavy (non-hydrogen) atoms. The molecule has 3 aliphatic rings. The highest BCUT2D eigenvalue weighted by molar-refractivity contribution is 8.14. The summed E-state index contributed by atoms with van der Waals surface area (Å²) in [6.45, 7) is 1.36. The van der Waals surface area contributed by atoms with Crippen molar-refractivity contribution in [3.05, 3.63) is 24.3 Å². The van der Waals surface area contributed by atoms with Crippen molar-refractivity contribution in [2.24, 2.45) is 5.92 Å². The lowest BCUT2D eigenvalue weighted by Crippen LogP contribution is -2.49. The van der Waals surface area contributed by atoms with Gasteiger partial charge in [-0.2, -0.15) is 0 Å². The van der Waals surface area contributed by atoms with Gasteiger partial charge in [-0.15, -0.1) is 0 Å². The van der Waals surface area contributed by atoms with Crippen molar-refractivity contribution in [3.63, 3.8) is 0 Å². The van der Waals surface area contributed by atoms with Gasteiger partial charge in [-0.05, 0) is 37.1 Å². The van der Waals surface area contributed by atoms with Crippen molar-refractivity contribution >= 4 is 40.4 Å². The highest BCUT2D eigenvalue weighted by Crippen LogP contribution is 2.30. The first-order valence-electron chi connectivity index (χ1n) is 9.70. The second-order valence-corrected chi connectivity index (χ2v) is 8.40. The molecule has 0 radical (unpaired) electrons. The molecule has 1 aromatic rings. The zero-order chi connectivity index (χ0) is 20.5. The maximum Gasteiger partial charge on any atom is 0.289 e. The molecule has 3 saturated heterocycles. The number of anilines is 1. The second-order valence-electron chi connectivity index (χ2n) is 7.48. The molecule has 8 nitrogen and oxygen atoms in total. The number of nitrogens with zero attached hydrogens (tertiary/aromatic N) is 3. The first kappa shape index (κ1) is 19.8. The summed E-state index contributed by atoms with van der Waals surface area (Å²) in [5.41, 5.74) is 0.758. The molecule has 0 N–H and O–H groups in total. The van der Waals surface area contributed by atoms with Gasteiger partial charge in [0.2, 0.25) is 17.7 Å². The molecule has 0 bridgehead atoms. The molecule has 3 aliphatic heterocycles.